The maximum atomic E-state index is 9.84. The van der Waals surface area contributed by atoms with E-state index in [2.05, 4.69) is 4.74 Å². The Morgan fingerprint density at radius 1 is 0.850 bits per heavy atom. The molecule has 1 aromatic rings. The summed E-state index contributed by atoms with van der Waals surface area (Å²) in [7, 11) is 1.62. The van der Waals surface area contributed by atoms with E-state index in [0.717, 1.165) is 11.5 Å². The molecule has 0 atom stereocenters. The third-order valence-corrected chi connectivity index (χ3v) is 2.34. The van der Waals surface area contributed by atoms with Crippen molar-refractivity contribution in [2.24, 2.45) is 0 Å². The van der Waals surface area contributed by atoms with Crippen LogP contribution in [0.25, 0.3) is 0 Å². The molecule has 0 unspecified atom stereocenters. The van der Waals surface area contributed by atoms with Crippen molar-refractivity contribution in [1.29, 1.82) is 0 Å². The third-order valence-electron chi connectivity index (χ3n) is 2.34. The first-order valence-corrected chi connectivity index (χ1v) is 6.34. The van der Waals surface area contributed by atoms with E-state index in [4.69, 9.17) is 18.9 Å². The average Bonchev–Trinajstić information content (AvgIpc) is 2.50. The van der Waals surface area contributed by atoms with Crippen molar-refractivity contribution >= 4 is 6.47 Å². The summed E-state index contributed by atoms with van der Waals surface area (Å²) in [6.45, 7) is 2.95. The summed E-state index contributed by atoms with van der Waals surface area (Å²) < 4.78 is 25.5. The molecule has 0 bridgehead atoms. The second kappa shape index (κ2) is 11.1. The van der Waals surface area contributed by atoms with Crippen molar-refractivity contribution in [2.45, 2.75) is 0 Å². The van der Waals surface area contributed by atoms with Gasteiger partial charge in [0, 0.05) is 0 Å². The Morgan fingerprint density at radius 2 is 1.40 bits per heavy atom. The predicted molar refractivity (Wildman–Crippen MR) is 72.1 cm³/mol. The van der Waals surface area contributed by atoms with Gasteiger partial charge in [0.15, 0.2) is 0 Å². The highest BCUT2D eigenvalue weighted by Crippen LogP contribution is 2.16. The molecule has 0 saturated heterocycles. The van der Waals surface area contributed by atoms with Gasteiger partial charge in [0.1, 0.15) is 24.7 Å². The van der Waals surface area contributed by atoms with Crippen molar-refractivity contribution in [3.8, 4) is 11.5 Å². The topological polar surface area (TPSA) is 63.2 Å². The maximum absolute atomic E-state index is 9.84. The summed E-state index contributed by atoms with van der Waals surface area (Å²) in [5, 5.41) is 0. The molecule has 0 radical (unpaired) electrons. The van der Waals surface area contributed by atoms with Crippen molar-refractivity contribution in [3.63, 3.8) is 0 Å². The van der Waals surface area contributed by atoms with Gasteiger partial charge in [0.25, 0.3) is 6.47 Å². The highest BCUT2D eigenvalue weighted by atomic mass is 16.6. The summed E-state index contributed by atoms with van der Waals surface area (Å²) >= 11 is 0. The summed E-state index contributed by atoms with van der Waals surface area (Å²) in [6, 6.07) is 7.36. The fourth-order valence-electron chi connectivity index (χ4n) is 1.37. The molecule has 0 aliphatic heterocycles. The van der Waals surface area contributed by atoms with Gasteiger partial charge in [-0.3, -0.25) is 4.79 Å². The zero-order chi connectivity index (χ0) is 14.5. The van der Waals surface area contributed by atoms with E-state index < -0.39 is 0 Å². The lowest BCUT2D eigenvalue weighted by Crippen LogP contribution is -2.12. The minimum atomic E-state index is 0.268. The van der Waals surface area contributed by atoms with Crippen LogP contribution in [0.2, 0.25) is 0 Å². The van der Waals surface area contributed by atoms with Crippen LogP contribution in [-0.4, -0.2) is 53.2 Å². The average molecular weight is 284 g/mol. The molecule has 0 spiro atoms. The Hall–Kier alpha value is -1.79. The quantitative estimate of drug-likeness (QED) is 0.425. The Labute approximate surface area is 118 Å². The second-order valence-corrected chi connectivity index (χ2v) is 3.72. The van der Waals surface area contributed by atoms with Crippen molar-refractivity contribution in [2.75, 3.05) is 46.8 Å². The first-order chi connectivity index (χ1) is 9.86. The Morgan fingerprint density at radius 3 is 2.00 bits per heavy atom. The van der Waals surface area contributed by atoms with Crippen LogP contribution < -0.4 is 9.47 Å². The molecular weight excluding hydrogens is 264 g/mol. The van der Waals surface area contributed by atoms with Crippen LogP contribution in [0, 0.1) is 0 Å². The second-order valence-electron chi connectivity index (χ2n) is 3.72. The number of benzene rings is 1. The molecule has 0 aliphatic carbocycles. The maximum Gasteiger partial charge on any atom is 0.293 e. The summed E-state index contributed by atoms with van der Waals surface area (Å²) in [5.41, 5.74) is 0. The normalized spacial score (nSPS) is 10.1. The van der Waals surface area contributed by atoms with E-state index in [9.17, 15) is 4.79 Å². The SMILES string of the molecule is COc1ccc(OCCOCCOCCOC=O)cc1. The number of methoxy groups -OCH3 is 1. The lowest BCUT2D eigenvalue weighted by molar-refractivity contribution is -0.130. The van der Waals surface area contributed by atoms with Crippen LogP contribution in [0.4, 0.5) is 0 Å². The molecule has 0 heterocycles. The number of hydrogen-bond acceptors (Lipinski definition) is 6. The number of ether oxygens (including phenoxy) is 5. The van der Waals surface area contributed by atoms with Crippen LogP contribution in [0.1, 0.15) is 0 Å². The molecule has 0 saturated carbocycles. The van der Waals surface area contributed by atoms with Gasteiger partial charge in [-0.05, 0) is 24.3 Å². The zero-order valence-electron chi connectivity index (χ0n) is 11.6. The van der Waals surface area contributed by atoms with Gasteiger partial charge >= 0.3 is 0 Å². The van der Waals surface area contributed by atoms with Crippen molar-refractivity contribution in [3.05, 3.63) is 24.3 Å². The fourth-order valence-corrected chi connectivity index (χ4v) is 1.37. The monoisotopic (exact) mass is 284 g/mol. The molecule has 0 amide bonds. The third kappa shape index (κ3) is 7.60. The number of hydrogen-bond donors (Lipinski definition) is 0. The molecule has 20 heavy (non-hydrogen) atoms. The highest BCUT2D eigenvalue weighted by molar-refractivity contribution is 5.36. The molecule has 6 nitrogen and oxygen atoms in total. The molecule has 1 aromatic carbocycles. The zero-order valence-corrected chi connectivity index (χ0v) is 11.6. The number of carbonyl (C=O) groups is 1. The van der Waals surface area contributed by atoms with Gasteiger partial charge < -0.3 is 23.7 Å². The van der Waals surface area contributed by atoms with E-state index in [1.54, 1.807) is 7.11 Å². The van der Waals surface area contributed by atoms with Crippen LogP contribution in [-0.2, 0) is 19.0 Å². The van der Waals surface area contributed by atoms with Crippen LogP contribution in [0.15, 0.2) is 24.3 Å². The Balaban J connectivity index is 1.92. The van der Waals surface area contributed by atoms with Crippen molar-refractivity contribution < 1.29 is 28.5 Å². The molecule has 112 valence electrons. The van der Waals surface area contributed by atoms with E-state index in [1.165, 1.54) is 0 Å². The lowest BCUT2D eigenvalue weighted by Gasteiger charge is -2.08. The lowest BCUT2D eigenvalue weighted by atomic mass is 10.3. The summed E-state index contributed by atoms with van der Waals surface area (Å²) in [5.74, 6) is 1.57. The smallest absolute Gasteiger partial charge is 0.293 e. The van der Waals surface area contributed by atoms with Gasteiger partial charge in [-0.15, -0.1) is 0 Å². The van der Waals surface area contributed by atoms with Gasteiger partial charge in [-0.25, -0.2) is 0 Å². The van der Waals surface area contributed by atoms with E-state index >= 15 is 0 Å². The standard InChI is InChI=1S/C14H20O6/c1-16-13-2-4-14(5-3-13)20-11-10-18-7-6-17-8-9-19-12-15/h2-5,12H,6-11H2,1H3. The molecule has 0 aromatic heterocycles. The van der Waals surface area contributed by atoms with Crippen LogP contribution in [0.3, 0.4) is 0 Å². The molecule has 0 N–H and O–H groups in total. The first-order valence-electron chi connectivity index (χ1n) is 6.34. The minimum absolute atomic E-state index is 0.268. The fraction of sp³-hybridized carbons (Fsp3) is 0.500. The molecule has 0 aliphatic rings. The van der Waals surface area contributed by atoms with Crippen LogP contribution in [0.5, 0.6) is 11.5 Å². The Bertz CT molecular complexity index is 351. The van der Waals surface area contributed by atoms with Crippen LogP contribution >= 0.6 is 0 Å². The summed E-state index contributed by atoms with van der Waals surface area (Å²) in [6.07, 6.45) is 0. The summed E-state index contributed by atoms with van der Waals surface area (Å²) in [4.78, 5) is 9.84. The molecular formula is C14H20O6. The molecule has 1 rings (SSSR count). The van der Waals surface area contributed by atoms with Gasteiger partial charge in [0.2, 0.25) is 0 Å². The number of carbonyl (C=O) groups excluding carboxylic acids is 1. The van der Waals surface area contributed by atoms with Gasteiger partial charge in [-0.1, -0.05) is 0 Å². The van der Waals surface area contributed by atoms with Gasteiger partial charge in [-0.2, -0.15) is 0 Å². The van der Waals surface area contributed by atoms with E-state index in [1.807, 2.05) is 24.3 Å². The molecule has 6 heteroatoms. The first kappa shape index (κ1) is 16.3. The van der Waals surface area contributed by atoms with E-state index in [-0.39, 0.29) is 6.61 Å². The number of rotatable bonds is 12. The predicted octanol–water partition coefficient (Wildman–Crippen LogP) is 1.28. The largest absolute Gasteiger partial charge is 0.497 e. The highest BCUT2D eigenvalue weighted by Gasteiger charge is 1.95. The van der Waals surface area contributed by atoms with Gasteiger partial charge in [0.05, 0.1) is 33.5 Å². The minimum Gasteiger partial charge on any atom is -0.497 e. The Kier molecular flexibility index (Phi) is 9.00. The van der Waals surface area contributed by atoms with Crippen molar-refractivity contribution in [1.82, 2.24) is 0 Å². The van der Waals surface area contributed by atoms with E-state index in [0.29, 0.717) is 39.5 Å². The molecule has 0 fully saturated rings.